The van der Waals surface area contributed by atoms with Gasteiger partial charge < -0.3 is 10.5 Å². The Kier molecular flexibility index (Phi) is 4.08. The lowest BCUT2D eigenvalue weighted by Gasteiger charge is -2.25. The first-order valence-electron chi connectivity index (χ1n) is 6.63. The average molecular weight is 306 g/mol. The standard InChI is InChI=1S/C16H16ClNOS/c17-12-5-6-14(18)16(9-12)20-10-11-7-8-19-15-4-2-1-3-13(11)15/h1-6,9,11H,7-8,10,18H2. The highest BCUT2D eigenvalue weighted by atomic mass is 35.5. The van der Waals surface area contributed by atoms with Crippen molar-refractivity contribution in [2.75, 3.05) is 18.1 Å². The van der Waals surface area contributed by atoms with E-state index in [1.54, 1.807) is 11.8 Å². The summed E-state index contributed by atoms with van der Waals surface area (Å²) in [4.78, 5) is 1.06. The molecule has 0 fully saturated rings. The van der Waals surface area contributed by atoms with Gasteiger partial charge in [0.05, 0.1) is 6.61 Å². The maximum absolute atomic E-state index is 6.03. The van der Waals surface area contributed by atoms with Gasteiger partial charge in [0, 0.05) is 27.3 Å². The molecular formula is C16H16ClNOS. The van der Waals surface area contributed by atoms with Crippen LogP contribution in [0.2, 0.25) is 5.02 Å². The van der Waals surface area contributed by atoms with E-state index >= 15 is 0 Å². The second-order valence-corrected chi connectivity index (χ2v) is 6.36. The van der Waals surface area contributed by atoms with Crippen LogP contribution in [0.15, 0.2) is 47.4 Å². The highest BCUT2D eigenvalue weighted by Crippen LogP contribution is 2.38. The zero-order valence-corrected chi connectivity index (χ0v) is 12.6. The first kappa shape index (κ1) is 13.7. The van der Waals surface area contributed by atoms with Crippen molar-refractivity contribution in [1.82, 2.24) is 0 Å². The van der Waals surface area contributed by atoms with Crippen molar-refractivity contribution < 1.29 is 4.74 Å². The molecule has 1 unspecified atom stereocenters. The fourth-order valence-electron chi connectivity index (χ4n) is 2.41. The van der Waals surface area contributed by atoms with Crippen LogP contribution in [0.1, 0.15) is 17.9 Å². The van der Waals surface area contributed by atoms with Crippen molar-refractivity contribution >= 4 is 29.1 Å². The summed E-state index contributed by atoms with van der Waals surface area (Å²) in [6.45, 7) is 0.785. The normalized spacial score (nSPS) is 17.4. The van der Waals surface area contributed by atoms with Gasteiger partial charge in [-0.3, -0.25) is 0 Å². The van der Waals surface area contributed by atoms with E-state index in [1.807, 2.05) is 30.3 Å². The van der Waals surface area contributed by atoms with E-state index in [4.69, 9.17) is 22.1 Å². The van der Waals surface area contributed by atoms with Crippen LogP contribution in [0.5, 0.6) is 5.75 Å². The van der Waals surface area contributed by atoms with E-state index in [1.165, 1.54) is 5.56 Å². The number of rotatable bonds is 3. The predicted octanol–water partition coefficient (Wildman–Crippen LogP) is 4.58. The van der Waals surface area contributed by atoms with E-state index < -0.39 is 0 Å². The number of fused-ring (bicyclic) bond motifs is 1. The zero-order valence-electron chi connectivity index (χ0n) is 11.0. The van der Waals surface area contributed by atoms with Gasteiger partial charge in [-0.15, -0.1) is 11.8 Å². The number of hydrogen-bond acceptors (Lipinski definition) is 3. The molecule has 0 saturated carbocycles. The highest BCUT2D eigenvalue weighted by Gasteiger charge is 2.21. The second-order valence-electron chi connectivity index (χ2n) is 4.87. The molecule has 1 atom stereocenters. The molecule has 0 aliphatic carbocycles. The van der Waals surface area contributed by atoms with Gasteiger partial charge in [-0.25, -0.2) is 0 Å². The number of ether oxygens (including phenoxy) is 1. The summed E-state index contributed by atoms with van der Waals surface area (Å²) in [5, 5.41) is 0.731. The van der Waals surface area contributed by atoms with Crippen LogP contribution in [0.25, 0.3) is 0 Å². The van der Waals surface area contributed by atoms with E-state index in [2.05, 4.69) is 12.1 Å². The molecule has 2 N–H and O–H groups in total. The summed E-state index contributed by atoms with van der Waals surface area (Å²) in [7, 11) is 0. The molecule has 1 aliphatic rings. The summed E-state index contributed by atoms with van der Waals surface area (Å²) >= 11 is 7.80. The predicted molar refractivity (Wildman–Crippen MR) is 85.9 cm³/mol. The largest absolute Gasteiger partial charge is 0.493 e. The molecule has 1 heterocycles. The number of nitrogens with two attached hydrogens (primary N) is 1. The third kappa shape index (κ3) is 2.89. The molecule has 1 aliphatic heterocycles. The fraction of sp³-hybridized carbons (Fsp3) is 0.250. The molecule has 0 radical (unpaired) electrons. The minimum Gasteiger partial charge on any atom is -0.493 e. The summed E-state index contributed by atoms with van der Waals surface area (Å²) < 4.78 is 5.69. The molecule has 0 aromatic heterocycles. The molecular weight excluding hydrogens is 290 g/mol. The molecule has 4 heteroatoms. The van der Waals surface area contributed by atoms with E-state index in [0.717, 1.165) is 40.1 Å². The van der Waals surface area contributed by atoms with Crippen molar-refractivity contribution in [3.8, 4) is 5.75 Å². The van der Waals surface area contributed by atoms with Crippen LogP contribution in [-0.4, -0.2) is 12.4 Å². The van der Waals surface area contributed by atoms with E-state index in [-0.39, 0.29) is 0 Å². The van der Waals surface area contributed by atoms with Gasteiger partial charge in [-0.05, 0) is 36.2 Å². The van der Waals surface area contributed by atoms with Crippen molar-refractivity contribution in [3.63, 3.8) is 0 Å². The lowest BCUT2D eigenvalue weighted by Crippen LogP contribution is -2.15. The molecule has 0 saturated heterocycles. The minimum absolute atomic E-state index is 0.503. The molecule has 0 spiro atoms. The number of para-hydroxylation sites is 1. The van der Waals surface area contributed by atoms with Crippen LogP contribution >= 0.6 is 23.4 Å². The summed E-state index contributed by atoms with van der Waals surface area (Å²) in [6.07, 6.45) is 1.05. The van der Waals surface area contributed by atoms with Crippen molar-refractivity contribution in [1.29, 1.82) is 0 Å². The molecule has 2 aromatic rings. The molecule has 104 valence electrons. The monoisotopic (exact) mass is 305 g/mol. The van der Waals surface area contributed by atoms with Gasteiger partial charge in [-0.1, -0.05) is 29.8 Å². The number of nitrogen functional groups attached to an aromatic ring is 1. The minimum atomic E-state index is 0.503. The molecule has 0 amide bonds. The average Bonchev–Trinajstić information content (AvgIpc) is 2.48. The highest BCUT2D eigenvalue weighted by molar-refractivity contribution is 7.99. The van der Waals surface area contributed by atoms with Gasteiger partial charge in [0.1, 0.15) is 5.75 Å². The Labute approximate surface area is 128 Å². The smallest absolute Gasteiger partial charge is 0.122 e. The first-order valence-corrected chi connectivity index (χ1v) is 8.00. The fourth-order valence-corrected chi connectivity index (χ4v) is 3.82. The molecule has 2 aromatic carbocycles. The topological polar surface area (TPSA) is 35.2 Å². The Morgan fingerprint density at radius 1 is 1.25 bits per heavy atom. The lowest BCUT2D eigenvalue weighted by atomic mass is 9.95. The number of benzene rings is 2. The molecule has 2 nitrogen and oxygen atoms in total. The van der Waals surface area contributed by atoms with Gasteiger partial charge >= 0.3 is 0 Å². The number of anilines is 1. The Bertz CT molecular complexity index is 617. The van der Waals surface area contributed by atoms with Gasteiger partial charge in [0.2, 0.25) is 0 Å². The number of thioether (sulfide) groups is 1. The quantitative estimate of drug-likeness (QED) is 0.666. The van der Waals surface area contributed by atoms with E-state index in [9.17, 15) is 0 Å². The molecule has 0 bridgehead atoms. The Hall–Kier alpha value is -1.32. The maximum atomic E-state index is 6.03. The summed E-state index contributed by atoms with van der Waals surface area (Å²) in [5.41, 5.74) is 8.08. The maximum Gasteiger partial charge on any atom is 0.122 e. The van der Waals surface area contributed by atoms with Crippen molar-refractivity contribution in [2.24, 2.45) is 0 Å². The third-order valence-electron chi connectivity index (χ3n) is 3.50. The zero-order chi connectivity index (χ0) is 13.9. The van der Waals surface area contributed by atoms with Crippen molar-refractivity contribution in [2.45, 2.75) is 17.2 Å². The second kappa shape index (κ2) is 5.98. The molecule has 20 heavy (non-hydrogen) atoms. The van der Waals surface area contributed by atoms with Crippen LogP contribution in [0, 0.1) is 0 Å². The third-order valence-corrected chi connectivity index (χ3v) is 4.97. The number of hydrogen-bond donors (Lipinski definition) is 1. The summed E-state index contributed by atoms with van der Waals surface area (Å²) in [5.74, 6) is 2.51. The van der Waals surface area contributed by atoms with Gasteiger partial charge in [0.25, 0.3) is 0 Å². The van der Waals surface area contributed by atoms with Crippen LogP contribution in [0.4, 0.5) is 5.69 Å². The van der Waals surface area contributed by atoms with Crippen LogP contribution in [-0.2, 0) is 0 Å². The lowest BCUT2D eigenvalue weighted by molar-refractivity contribution is 0.273. The Morgan fingerprint density at radius 3 is 3.00 bits per heavy atom. The first-order chi connectivity index (χ1) is 9.74. The van der Waals surface area contributed by atoms with Gasteiger partial charge in [0.15, 0.2) is 0 Å². The summed E-state index contributed by atoms with van der Waals surface area (Å²) in [6, 6.07) is 13.9. The SMILES string of the molecule is Nc1ccc(Cl)cc1SCC1CCOc2ccccc21. The van der Waals surface area contributed by atoms with E-state index in [0.29, 0.717) is 5.92 Å². The van der Waals surface area contributed by atoms with Gasteiger partial charge in [-0.2, -0.15) is 0 Å². The Morgan fingerprint density at radius 2 is 2.10 bits per heavy atom. The molecule has 3 rings (SSSR count). The van der Waals surface area contributed by atoms with Crippen LogP contribution < -0.4 is 10.5 Å². The van der Waals surface area contributed by atoms with Crippen LogP contribution in [0.3, 0.4) is 0 Å². The Balaban J connectivity index is 1.75. The van der Waals surface area contributed by atoms with Crippen molar-refractivity contribution in [3.05, 3.63) is 53.1 Å². The number of halogens is 1.